The van der Waals surface area contributed by atoms with E-state index in [0.717, 1.165) is 31.2 Å². The van der Waals surface area contributed by atoms with E-state index < -0.39 is 0 Å². The van der Waals surface area contributed by atoms with Crippen molar-refractivity contribution in [3.8, 4) is 0 Å². The number of nitrogens with one attached hydrogen (secondary N) is 1. The number of rotatable bonds is 8. The van der Waals surface area contributed by atoms with E-state index in [-0.39, 0.29) is 35.3 Å². The lowest BCUT2D eigenvalue weighted by Crippen LogP contribution is -2.52. The Morgan fingerprint density at radius 1 is 1.21 bits per heavy atom. The zero-order chi connectivity index (χ0) is 22.8. The molecule has 2 aliphatic carbocycles. The Labute approximate surface area is 194 Å². The number of hydrogen-bond acceptors (Lipinski definition) is 4. The Kier molecular flexibility index (Phi) is 6.06. The summed E-state index contributed by atoms with van der Waals surface area (Å²) in [5.74, 6) is 0.432. The van der Waals surface area contributed by atoms with Crippen LogP contribution in [0.15, 0.2) is 55.4 Å². The maximum absolute atomic E-state index is 12.9. The number of hydrogen-bond donors (Lipinski definition) is 1. The zero-order valence-electron chi connectivity index (χ0n) is 19.0. The number of likely N-dealkylation sites (tertiary alicyclic amines) is 1. The van der Waals surface area contributed by atoms with Crippen molar-refractivity contribution in [3.63, 3.8) is 0 Å². The molecule has 0 unspecified atom stereocenters. The summed E-state index contributed by atoms with van der Waals surface area (Å²) in [4.78, 5) is 27.6. The van der Waals surface area contributed by atoms with Crippen molar-refractivity contribution in [2.45, 2.75) is 56.2 Å². The summed E-state index contributed by atoms with van der Waals surface area (Å²) < 4.78 is 8.18. The molecule has 0 radical (unpaired) electrons. The number of amides is 2. The first kappa shape index (κ1) is 21.9. The van der Waals surface area contributed by atoms with Gasteiger partial charge in [0.25, 0.3) is 0 Å². The van der Waals surface area contributed by atoms with Gasteiger partial charge in [-0.05, 0) is 42.9 Å². The van der Waals surface area contributed by atoms with Crippen molar-refractivity contribution in [2.75, 3.05) is 19.7 Å². The average Bonchev–Trinajstić information content (AvgIpc) is 3.52. The van der Waals surface area contributed by atoms with Crippen molar-refractivity contribution in [2.24, 2.45) is 5.92 Å². The average molecular weight is 449 g/mol. The fourth-order valence-corrected chi connectivity index (χ4v) is 5.56. The quantitative estimate of drug-likeness (QED) is 0.630. The molecule has 2 fully saturated rings. The summed E-state index contributed by atoms with van der Waals surface area (Å²) >= 11 is 0. The number of ether oxygens (including phenoxy) is 1. The van der Waals surface area contributed by atoms with Gasteiger partial charge in [-0.2, -0.15) is 5.10 Å². The van der Waals surface area contributed by atoms with Gasteiger partial charge in [-0.3, -0.25) is 14.3 Å². The molecular formula is C26H32N4O3. The van der Waals surface area contributed by atoms with E-state index in [2.05, 4.69) is 35.2 Å². The number of nitrogens with zero attached hydrogens (tertiary/aromatic N) is 3. The third-order valence-electron chi connectivity index (χ3n) is 7.44. The molecule has 2 amide bonds. The lowest BCUT2D eigenvalue weighted by atomic mass is 9.71. The van der Waals surface area contributed by atoms with Crippen LogP contribution in [0.3, 0.4) is 0 Å². The highest BCUT2D eigenvalue weighted by molar-refractivity contribution is 5.81. The predicted molar refractivity (Wildman–Crippen MR) is 124 cm³/mol. The van der Waals surface area contributed by atoms with E-state index in [0.29, 0.717) is 32.7 Å². The number of carbonyl (C=O) groups excluding carboxylic acids is 2. The van der Waals surface area contributed by atoms with Gasteiger partial charge in [0, 0.05) is 49.8 Å². The van der Waals surface area contributed by atoms with Crippen LogP contribution in [0, 0.1) is 5.92 Å². The normalized spacial score (nSPS) is 23.3. The molecule has 2 aromatic rings. The van der Waals surface area contributed by atoms with Crippen molar-refractivity contribution in [3.05, 3.63) is 66.5 Å². The molecule has 1 N–H and O–H groups in total. The van der Waals surface area contributed by atoms with Gasteiger partial charge in [-0.25, -0.2) is 0 Å². The molecule has 2 atom stereocenters. The van der Waals surface area contributed by atoms with Gasteiger partial charge < -0.3 is 15.0 Å². The number of piperidine rings is 1. The van der Waals surface area contributed by atoms with Gasteiger partial charge in [0.1, 0.15) is 0 Å². The Morgan fingerprint density at radius 3 is 2.70 bits per heavy atom. The summed E-state index contributed by atoms with van der Waals surface area (Å²) in [6.45, 7) is 6.23. The second-order valence-corrected chi connectivity index (χ2v) is 9.45. The maximum Gasteiger partial charge on any atom is 0.224 e. The first-order chi connectivity index (χ1) is 16.1. The monoisotopic (exact) mass is 448 g/mol. The fraction of sp³-hybridized carbons (Fsp3) is 0.500. The van der Waals surface area contributed by atoms with Crippen molar-refractivity contribution >= 4 is 11.8 Å². The van der Waals surface area contributed by atoms with E-state index in [4.69, 9.17) is 4.74 Å². The maximum atomic E-state index is 12.9. The summed E-state index contributed by atoms with van der Waals surface area (Å²) in [5, 5.41) is 7.50. The standard InChI is InChI=1S/C26H32N4O3/c1-2-18-33-24-23(28-25(32)19-8-9-19)20-6-3-4-7-21(20)26(24)11-16-29(17-12-26)22(31)10-15-30-14-5-13-27-30/h2-7,13-14,19,23-24H,1,8-12,15-18H2,(H,28,32)/t23-,24+/m1/s1. The summed E-state index contributed by atoms with van der Waals surface area (Å²) in [7, 11) is 0. The minimum atomic E-state index is -0.222. The van der Waals surface area contributed by atoms with Gasteiger partial charge in [-0.1, -0.05) is 30.3 Å². The molecular weight excluding hydrogens is 416 g/mol. The second-order valence-electron chi connectivity index (χ2n) is 9.45. The highest BCUT2D eigenvalue weighted by atomic mass is 16.5. The number of carbonyl (C=O) groups is 2. The molecule has 1 saturated heterocycles. The number of aromatic nitrogens is 2. The van der Waals surface area contributed by atoms with Gasteiger partial charge in [0.15, 0.2) is 0 Å². The molecule has 1 aromatic carbocycles. The summed E-state index contributed by atoms with van der Waals surface area (Å²) in [6.07, 6.45) is 9.23. The van der Waals surface area contributed by atoms with Crippen LogP contribution >= 0.6 is 0 Å². The molecule has 1 aromatic heterocycles. The van der Waals surface area contributed by atoms with E-state index in [9.17, 15) is 9.59 Å². The van der Waals surface area contributed by atoms with Crippen molar-refractivity contribution in [1.82, 2.24) is 20.0 Å². The lowest BCUT2D eigenvalue weighted by Gasteiger charge is -2.44. The first-order valence-electron chi connectivity index (χ1n) is 12.0. The van der Waals surface area contributed by atoms with Gasteiger partial charge >= 0.3 is 0 Å². The molecule has 7 nitrogen and oxygen atoms in total. The number of aryl methyl sites for hydroxylation is 1. The van der Waals surface area contributed by atoms with Crippen LogP contribution in [0.4, 0.5) is 0 Å². The first-order valence-corrected chi connectivity index (χ1v) is 12.0. The van der Waals surface area contributed by atoms with E-state index in [1.54, 1.807) is 17.0 Å². The molecule has 2 heterocycles. The highest BCUT2D eigenvalue weighted by Crippen LogP contribution is 2.52. The number of fused-ring (bicyclic) bond motifs is 2. The molecule has 0 bridgehead atoms. The van der Waals surface area contributed by atoms with Gasteiger partial charge in [-0.15, -0.1) is 6.58 Å². The van der Waals surface area contributed by atoms with Crippen LogP contribution in [0.1, 0.15) is 49.3 Å². The molecule has 1 aliphatic heterocycles. The van der Waals surface area contributed by atoms with E-state index in [1.165, 1.54) is 5.56 Å². The van der Waals surface area contributed by atoms with E-state index in [1.807, 2.05) is 23.2 Å². The van der Waals surface area contributed by atoms with Gasteiger partial charge in [0.05, 0.1) is 18.8 Å². The molecule has 174 valence electrons. The smallest absolute Gasteiger partial charge is 0.224 e. The molecule has 1 spiro atoms. The predicted octanol–water partition coefficient (Wildman–Crippen LogP) is 2.99. The third kappa shape index (κ3) is 4.22. The van der Waals surface area contributed by atoms with Crippen molar-refractivity contribution in [1.29, 1.82) is 0 Å². The largest absolute Gasteiger partial charge is 0.371 e. The molecule has 33 heavy (non-hydrogen) atoms. The van der Waals surface area contributed by atoms with Crippen LogP contribution in [0.25, 0.3) is 0 Å². The Morgan fingerprint density at radius 2 is 2.00 bits per heavy atom. The molecule has 3 aliphatic rings. The lowest BCUT2D eigenvalue weighted by molar-refractivity contribution is -0.134. The topological polar surface area (TPSA) is 76.5 Å². The fourth-order valence-electron chi connectivity index (χ4n) is 5.56. The summed E-state index contributed by atoms with van der Waals surface area (Å²) in [5.41, 5.74) is 2.18. The SMILES string of the molecule is C=CCO[C@H]1[C@H](NC(=O)C2CC2)c2ccccc2C12CCN(C(=O)CCn1cccn1)CC2. The zero-order valence-corrected chi connectivity index (χ0v) is 19.0. The van der Waals surface area contributed by atoms with E-state index >= 15 is 0 Å². The van der Waals surface area contributed by atoms with Gasteiger partial charge in [0.2, 0.25) is 11.8 Å². The molecule has 7 heteroatoms. The Balaban J connectivity index is 1.34. The van der Waals surface area contributed by atoms with Crippen molar-refractivity contribution < 1.29 is 14.3 Å². The minimum Gasteiger partial charge on any atom is -0.371 e. The Bertz CT molecular complexity index is 1010. The van der Waals surface area contributed by atoms with Crippen LogP contribution in [-0.2, 0) is 26.3 Å². The minimum absolute atomic E-state index is 0.130. The molecule has 5 rings (SSSR count). The summed E-state index contributed by atoms with van der Waals surface area (Å²) in [6, 6.07) is 10.1. The third-order valence-corrected chi connectivity index (χ3v) is 7.44. The van der Waals surface area contributed by atoms with Crippen LogP contribution in [0.2, 0.25) is 0 Å². The van der Waals surface area contributed by atoms with Crippen LogP contribution in [0.5, 0.6) is 0 Å². The van der Waals surface area contributed by atoms with Crippen LogP contribution in [-0.4, -0.2) is 52.3 Å². The number of benzene rings is 1. The Hall–Kier alpha value is -2.93. The second kappa shape index (κ2) is 9.14. The molecule has 1 saturated carbocycles. The van der Waals surface area contributed by atoms with Crippen LogP contribution < -0.4 is 5.32 Å². The highest BCUT2D eigenvalue weighted by Gasteiger charge is 2.55.